The van der Waals surface area contributed by atoms with Gasteiger partial charge >= 0.3 is 6.36 Å². The molecule has 0 amide bonds. The smallest absolute Gasteiger partial charge is 0.406 e. The summed E-state index contributed by atoms with van der Waals surface area (Å²) in [6.07, 6.45) is -1.78. The summed E-state index contributed by atoms with van der Waals surface area (Å²) in [5.41, 5.74) is 0.456. The minimum atomic E-state index is -4.77. The van der Waals surface area contributed by atoms with Gasteiger partial charge in [0.2, 0.25) is 5.65 Å². The van der Waals surface area contributed by atoms with E-state index in [0.29, 0.717) is 5.52 Å². The van der Waals surface area contributed by atoms with Crippen molar-refractivity contribution < 1.29 is 17.9 Å². The van der Waals surface area contributed by atoms with Crippen molar-refractivity contribution in [1.82, 2.24) is 14.4 Å². The Morgan fingerprint density at radius 3 is 2.84 bits per heavy atom. The van der Waals surface area contributed by atoms with Gasteiger partial charge in [-0.25, -0.2) is 4.98 Å². The molecule has 2 heterocycles. The van der Waals surface area contributed by atoms with Gasteiger partial charge in [-0.15, -0.1) is 13.2 Å². The van der Waals surface area contributed by atoms with Gasteiger partial charge in [0.1, 0.15) is 5.75 Å². The number of H-pyrrole nitrogens is 1. The first-order valence-electron chi connectivity index (χ1n) is 5.19. The van der Waals surface area contributed by atoms with Crippen molar-refractivity contribution in [2.24, 2.45) is 0 Å². The number of imidazole rings is 1. The van der Waals surface area contributed by atoms with Crippen molar-refractivity contribution in [2.45, 2.75) is 6.36 Å². The molecule has 0 unspecified atom stereocenters. The zero-order valence-corrected chi connectivity index (χ0v) is 9.23. The molecule has 0 aliphatic rings. The van der Waals surface area contributed by atoms with Crippen LogP contribution in [0.4, 0.5) is 13.2 Å². The van der Waals surface area contributed by atoms with E-state index in [1.165, 1.54) is 22.7 Å². The number of aromatic nitrogens is 3. The van der Waals surface area contributed by atoms with Gasteiger partial charge in [0.25, 0.3) is 5.56 Å². The summed E-state index contributed by atoms with van der Waals surface area (Å²) in [7, 11) is 0. The van der Waals surface area contributed by atoms with Crippen LogP contribution in [-0.2, 0) is 0 Å². The van der Waals surface area contributed by atoms with E-state index in [-0.39, 0.29) is 11.2 Å². The van der Waals surface area contributed by atoms with E-state index in [9.17, 15) is 18.0 Å². The van der Waals surface area contributed by atoms with Crippen LogP contribution in [0.25, 0.3) is 16.7 Å². The molecule has 0 spiro atoms. The Hall–Kier alpha value is -2.51. The third-order valence-electron chi connectivity index (χ3n) is 2.55. The van der Waals surface area contributed by atoms with Crippen molar-refractivity contribution in [2.75, 3.05) is 0 Å². The molecule has 0 bridgehead atoms. The van der Waals surface area contributed by atoms with E-state index < -0.39 is 17.7 Å². The Morgan fingerprint density at radius 1 is 1.32 bits per heavy atom. The molecule has 2 aromatic heterocycles. The fourth-order valence-electron chi connectivity index (χ4n) is 1.87. The van der Waals surface area contributed by atoms with Crippen LogP contribution in [0.1, 0.15) is 0 Å². The maximum absolute atomic E-state index is 12.1. The van der Waals surface area contributed by atoms with E-state index in [0.717, 1.165) is 6.07 Å². The van der Waals surface area contributed by atoms with Gasteiger partial charge in [0, 0.05) is 18.5 Å². The molecule has 0 fully saturated rings. The molecule has 0 radical (unpaired) electrons. The number of benzene rings is 1. The molecular weight excluding hydrogens is 263 g/mol. The maximum atomic E-state index is 12.1. The standard InChI is InChI=1S/C11H6F3N3O2/c12-11(13,14)19-6-1-2-8-7(5-6)16-10(18)9-15-3-4-17(8)9/h1-5H,(H,16,18). The molecule has 1 aromatic carbocycles. The van der Waals surface area contributed by atoms with Crippen molar-refractivity contribution in [3.63, 3.8) is 0 Å². The lowest BCUT2D eigenvalue weighted by molar-refractivity contribution is -0.274. The second-order valence-electron chi connectivity index (χ2n) is 3.80. The topological polar surface area (TPSA) is 59.4 Å². The highest BCUT2D eigenvalue weighted by atomic mass is 19.4. The average Bonchev–Trinajstić information content (AvgIpc) is 2.76. The second kappa shape index (κ2) is 3.74. The number of rotatable bonds is 1. The van der Waals surface area contributed by atoms with Gasteiger partial charge in [-0.2, -0.15) is 0 Å². The van der Waals surface area contributed by atoms with E-state index in [2.05, 4.69) is 14.7 Å². The van der Waals surface area contributed by atoms with Crippen LogP contribution in [0.2, 0.25) is 0 Å². The van der Waals surface area contributed by atoms with Crippen LogP contribution in [-0.4, -0.2) is 20.7 Å². The summed E-state index contributed by atoms with van der Waals surface area (Å²) in [6, 6.07) is 3.71. The lowest BCUT2D eigenvalue weighted by atomic mass is 10.3. The van der Waals surface area contributed by atoms with Gasteiger partial charge < -0.3 is 9.72 Å². The predicted octanol–water partition coefficient (Wildman–Crippen LogP) is 2.07. The summed E-state index contributed by atoms with van der Waals surface area (Å²) in [5.74, 6) is -0.393. The third kappa shape index (κ3) is 2.01. The minimum Gasteiger partial charge on any atom is -0.406 e. The number of fused-ring (bicyclic) bond motifs is 3. The van der Waals surface area contributed by atoms with Gasteiger partial charge in [-0.05, 0) is 12.1 Å². The predicted molar refractivity (Wildman–Crippen MR) is 60.0 cm³/mol. The minimum absolute atomic E-state index is 0.178. The SMILES string of the molecule is O=c1[nH]c2cc(OC(F)(F)F)ccc2n2ccnc12. The van der Waals surface area contributed by atoms with Crippen LogP contribution >= 0.6 is 0 Å². The van der Waals surface area contributed by atoms with E-state index in [1.54, 1.807) is 6.20 Å². The number of ether oxygens (including phenoxy) is 1. The summed E-state index contributed by atoms with van der Waals surface area (Å²) >= 11 is 0. The van der Waals surface area contributed by atoms with Gasteiger partial charge in [0.15, 0.2) is 0 Å². The molecular formula is C11H6F3N3O2. The summed E-state index contributed by atoms with van der Waals surface area (Å²) in [5, 5.41) is 0. The second-order valence-corrected chi connectivity index (χ2v) is 3.80. The van der Waals surface area contributed by atoms with Crippen molar-refractivity contribution in [3.8, 4) is 5.75 Å². The number of alkyl halides is 3. The monoisotopic (exact) mass is 269 g/mol. The first-order chi connectivity index (χ1) is 8.94. The maximum Gasteiger partial charge on any atom is 0.573 e. The first-order valence-corrected chi connectivity index (χ1v) is 5.19. The molecule has 3 aromatic rings. The van der Waals surface area contributed by atoms with Crippen LogP contribution in [0.5, 0.6) is 5.75 Å². The van der Waals surface area contributed by atoms with Crippen LogP contribution in [0.3, 0.4) is 0 Å². The van der Waals surface area contributed by atoms with Crippen LogP contribution in [0.15, 0.2) is 35.4 Å². The number of hydrogen-bond donors (Lipinski definition) is 1. The molecule has 3 rings (SSSR count). The molecule has 98 valence electrons. The Morgan fingerprint density at radius 2 is 2.11 bits per heavy atom. The molecule has 0 atom stereocenters. The fraction of sp³-hybridized carbons (Fsp3) is 0.0909. The molecule has 0 saturated heterocycles. The molecule has 0 saturated carbocycles. The number of aromatic amines is 1. The molecule has 0 aliphatic heterocycles. The van der Waals surface area contributed by atoms with Gasteiger partial charge in [0.05, 0.1) is 11.0 Å². The highest BCUT2D eigenvalue weighted by Gasteiger charge is 2.31. The van der Waals surface area contributed by atoms with Crippen molar-refractivity contribution >= 4 is 16.7 Å². The average molecular weight is 269 g/mol. The van der Waals surface area contributed by atoms with E-state index >= 15 is 0 Å². The van der Waals surface area contributed by atoms with E-state index in [1.807, 2.05) is 0 Å². The largest absolute Gasteiger partial charge is 0.573 e. The van der Waals surface area contributed by atoms with Gasteiger partial charge in [-0.1, -0.05) is 0 Å². The Bertz CT molecular complexity index is 819. The quantitative estimate of drug-likeness (QED) is 0.735. The summed E-state index contributed by atoms with van der Waals surface area (Å²) in [4.78, 5) is 18.0. The van der Waals surface area contributed by atoms with Gasteiger partial charge in [-0.3, -0.25) is 9.20 Å². The first kappa shape index (κ1) is 11.6. The zero-order valence-electron chi connectivity index (χ0n) is 9.23. The fourth-order valence-corrected chi connectivity index (χ4v) is 1.87. The zero-order chi connectivity index (χ0) is 13.6. The molecule has 0 aliphatic carbocycles. The molecule has 5 nitrogen and oxygen atoms in total. The molecule has 1 N–H and O–H groups in total. The Labute approximate surface area is 103 Å². The normalized spacial score (nSPS) is 12.2. The number of nitrogens with one attached hydrogen (secondary N) is 1. The summed E-state index contributed by atoms with van der Waals surface area (Å²) < 4.78 is 41.6. The highest BCUT2D eigenvalue weighted by molar-refractivity contribution is 5.78. The number of nitrogens with zero attached hydrogens (tertiary/aromatic N) is 2. The third-order valence-corrected chi connectivity index (χ3v) is 2.55. The Kier molecular flexibility index (Phi) is 2.28. The summed E-state index contributed by atoms with van der Waals surface area (Å²) in [6.45, 7) is 0. The van der Waals surface area contributed by atoms with Crippen molar-refractivity contribution in [3.05, 3.63) is 40.9 Å². The van der Waals surface area contributed by atoms with Crippen molar-refractivity contribution in [1.29, 1.82) is 0 Å². The van der Waals surface area contributed by atoms with Crippen LogP contribution < -0.4 is 10.3 Å². The molecule has 19 heavy (non-hydrogen) atoms. The number of halogens is 3. The molecule has 8 heteroatoms. The lowest BCUT2D eigenvalue weighted by Gasteiger charge is -2.09. The number of hydrogen-bond acceptors (Lipinski definition) is 3. The van der Waals surface area contributed by atoms with Crippen LogP contribution in [0, 0.1) is 0 Å². The van der Waals surface area contributed by atoms with E-state index in [4.69, 9.17) is 0 Å². The Balaban J connectivity index is 2.24. The highest BCUT2D eigenvalue weighted by Crippen LogP contribution is 2.25. The lowest BCUT2D eigenvalue weighted by Crippen LogP contribution is -2.17.